The Morgan fingerprint density at radius 1 is 1.11 bits per heavy atom. The van der Waals surface area contributed by atoms with E-state index in [9.17, 15) is 0 Å². The summed E-state index contributed by atoms with van der Waals surface area (Å²) in [5.74, 6) is 0.771. The zero-order chi connectivity index (χ0) is 13.2. The first-order valence-electron chi connectivity index (χ1n) is 5.83. The summed E-state index contributed by atoms with van der Waals surface area (Å²) in [5, 5.41) is 5.01. The standard InChI is InChI=1S/C14H11ClN4/c1-10-12(15)3-2-4-13(10)19-14(17-9-18-19)11-5-7-16-8-6-11/h2-9H,1H3. The minimum atomic E-state index is 0.716. The Morgan fingerprint density at radius 3 is 2.68 bits per heavy atom. The normalized spacial score (nSPS) is 10.6. The highest BCUT2D eigenvalue weighted by atomic mass is 35.5. The number of aromatic nitrogens is 4. The van der Waals surface area contributed by atoms with Crippen molar-refractivity contribution in [2.24, 2.45) is 0 Å². The van der Waals surface area contributed by atoms with Gasteiger partial charge in [-0.1, -0.05) is 17.7 Å². The first-order valence-corrected chi connectivity index (χ1v) is 6.21. The molecule has 0 N–H and O–H groups in total. The van der Waals surface area contributed by atoms with Crippen LogP contribution >= 0.6 is 11.6 Å². The van der Waals surface area contributed by atoms with E-state index in [-0.39, 0.29) is 0 Å². The van der Waals surface area contributed by atoms with Crippen LogP contribution in [0.25, 0.3) is 17.1 Å². The molecule has 2 heterocycles. The predicted molar refractivity (Wildman–Crippen MR) is 74.3 cm³/mol. The van der Waals surface area contributed by atoms with E-state index in [4.69, 9.17) is 11.6 Å². The van der Waals surface area contributed by atoms with Gasteiger partial charge in [-0.05, 0) is 36.8 Å². The van der Waals surface area contributed by atoms with Gasteiger partial charge in [0.15, 0.2) is 5.82 Å². The summed E-state index contributed by atoms with van der Waals surface area (Å²) in [6.07, 6.45) is 5.01. The highest BCUT2D eigenvalue weighted by molar-refractivity contribution is 6.31. The van der Waals surface area contributed by atoms with Crippen LogP contribution in [-0.2, 0) is 0 Å². The maximum atomic E-state index is 6.16. The first-order chi connectivity index (χ1) is 9.27. The van der Waals surface area contributed by atoms with E-state index >= 15 is 0 Å². The lowest BCUT2D eigenvalue weighted by atomic mass is 10.2. The lowest BCUT2D eigenvalue weighted by molar-refractivity contribution is 0.879. The Morgan fingerprint density at radius 2 is 1.89 bits per heavy atom. The average Bonchev–Trinajstić information content (AvgIpc) is 2.92. The van der Waals surface area contributed by atoms with E-state index in [1.807, 2.05) is 37.3 Å². The number of hydrogen-bond donors (Lipinski definition) is 0. The number of nitrogens with zero attached hydrogens (tertiary/aromatic N) is 4. The molecule has 0 aliphatic heterocycles. The maximum Gasteiger partial charge on any atom is 0.163 e. The molecule has 0 aliphatic carbocycles. The molecule has 0 saturated heterocycles. The smallest absolute Gasteiger partial charge is 0.163 e. The molecular weight excluding hydrogens is 260 g/mol. The van der Waals surface area contributed by atoms with Gasteiger partial charge >= 0.3 is 0 Å². The van der Waals surface area contributed by atoms with Crippen LogP contribution in [0, 0.1) is 6.92 Å². The van der Waals surface area contributed by atoms with E-state index in [1.165, 1.54) is 6.33 Å². The number of pyridine rings is 1. The molecule has 94 valence electrons. The van der Waals surface area contributed by atoms with Crippen molar-refractivity contribution in [2.75, 3.05) is 0 Å². The van der Waals surface area contributed by atoms with Crippen LogP contribution < -0.4 is 0 Å². The first kappa shape index (κ1) is 11.9. The Hall–Kier alpha value is -2.20. The molecule has 3 aromatic rings. The third-order valence-corrected chi connectivity index (χ3v) is 3.36. The molecule has 0 atom stereocenters. The molecule has 4 nitrogen and oxygen atoms in total. The molecule has 0 radical (unpaired) electrons. The van der Waals surface area contributed by atoms with Gasteiger partial charge in [0.2, 0.25) is 0 Å². The molecule has 0 fully saturated rings. The van der Waals surface area contributed by atoms with E-state index in [0.717, 1.165) is 22.6 Å². The van der Waals surface area contributed by atoms with Crippen molar-refractivity contribution < 1.29 is 0 Å². The van der Waals surface area contributed by atoms with Crippen LogP contribution in [0.1, 0.15) is 5.56 Å². The van der Waals surface area contributed by atoms with Gasteiger partial charge in [0.25, 0.3) is 0 Å². The van der Waals surface area contributed by atoms with Gasteiger partial charge in [0.05, 0.1) is 5.69 Å². The second-order valence-electron chi connectivity index (χ2n) is 4.12. The molecule has 0 amide bonds. The molecule has 3 rings (SSSR count). The summed E-state index contributed by atoms with van der Waals surface area (Å²) in [7, 11) is 0. The van der Waals surface area contributed by atoms with Crippen LogP contribution in [0.15, 0.2) is 49.1 Å². The molecule has 19 heavy (non-hydrogen) atoms. The van der Waals surface area contributed by atoms with Gasteiger partial charge in [-0.25, -0.2) is 9.67 Å². The van der Waals surface area contributed by atoms with Crippen molar-refractivity contribution in [3.63, 3.8) is 0 Å². The third kappa shape index (κ3) is 2.11. The van der Waals surface area contributed by atoms with Gasteiger partial charge in [0.1, 0.15) is 6.33 Å². The van der Waals surface area contributed by atoms with E-state index in [0.29, 0.717) is 5.02 Å². The van der Waals surface area contributed by atoms with Crippen LogP contribution in [0.5, 0.6) is 0 Å². The summed E-state index contributed by atoms with van der Waals surface area (Å²) in [5.41, 5.74) is 2.87. The van der Waals surface area contributed by atoms with Crippen molar-refractivity contribution in [1.82, 2.24) is 19.7 Å². The topological polar surface area (TPSA) is 43.6 Å². The fraction of sp³-hybridized carbons (Fsp3) is 0.0714. The Kier molecular flexibility index (Phi) is 3.01. The highest BCUT2D eigenvalue weighted by Gasteiger charge is 2.11. The second kappa shape index (κ2) is 4.82. The van der Waals surface area contributed by atoms with Gasteiger partial charge in [-0.15, -0.1) is 0 Å². The van der Waals surface area contributed by atoms with Gasteiger partial charge in [0, 0.05) is 23.0 Å². The zero-order valence-electron chi connectivity index (χ0n) is 10.3. The highest BCUT2D eigenvalue weighted by Crippen LogP contribution is 2.25. The lowest BCUT2D eigenvalue weighted by Crippen LogP contribution is -2.02. The summed E-state index contributed by atoms with van der Waals surface area (Å²) in [4.78, 5) is 8.33. The van der Waals surface area contributed by atoms with E-state index < -0.39 is 0 Å². The number of halogens is 1. The fourth-order valence-electron chi connectivity index (χ4n) is 1.94. The van der Waals surface area contributed by atoms with Crippen molar-refractivity contribution >= 4 is 11.6 Å². The monoisotopic (exact) mass is 270 g/mol. The van der Waals surface area contributed by atoms with Crippen LogP contribution in [-0.4, -0.2) is 19.7 Å². The molecule has 0 spiro atoms. The minimum absolute atomic E-state index is 0.716. The largest absolute Gasteiger partial charge is 0.265 e. The number of rotatable bonds is 2. The fourth-order valence-corrected chi connectivity index (χ4v) is 2.11. The Bertz CT molecular complexity index is 706. The molecule has 0 aliphatic rings. The quantitative estimate of drug-likeness (QED) is 0.718. The maximum absolute atomic E-state index is 6.16. The molecule has 0 saturated carbocycles. The predicted octanol–water partition coefficient (Wildman–Crippen LogP) is 3.29. The molecule has 0 unspecified atom stereocenters. The molecule has 0 bridgehead atoms. The van der Waals surface area contributed by atoms with Gasteiger partial charge in [-0.3, -0.25) is 4.98 Å². The summed E-state index contributed by atoms with van der Waals surface area (Å²) >= 11 is 6.16. The van der Waals surface area contributed by atoms with Crippen LogP contribution in [0.2, 0.25) is 5.02 Å². The second-order valence-corrected chi connectivity index (χ2v) is 4.52. The summed E-state index contributed by atoms with van der Waals surface area (Å²) < 4.78 is 1.79. The summed E-state index contributed by atoms with van der Waals surface area (Å²) in [6.45, 7) is 1.97. The van der Waals surface area contributed by atoms with E-state index in [2.05, 4.69) is 15.1 Å². The van der Waals surface area contributed by atoms with Crippen molar-refractivity contribution in [2.45, 2.75) is 6.92 Å². The van der Waals surface area contributed by atoms with E-state index in [1.54, 1.807) is 17.1 Å². The van der Waals surface area contributed by atoms with Crippen LogP contribution in [0.4, 0.5) is 0 Å². The minimum Gasteiger partial charge on any atom is -0.265 e. The van der Waals surface area contributed by atoms with Gasteiger partial charge in [-0.2, -0.15) is 5.10 Å². The van der Waals surface area contributed by atoms with Gasteiger partial charge < -0.3 is 0 Å². The number of benzene rings is 1. The van der Waals surface area contributed by atoms with Crippen molar-refractivity contribution in [1.29, 1.82) is 0 Å². The van der Waals surface area contributed by atoms with Crippen molar-refractivity contribution in [3.05, 3.63) is 59.6 Å². The van der Waals surface area contributed by atoms with Crippen LogP contribution in [0.3, 0.4) is 0 Å². The number of hydrogen-bond acceptors (Lipinski definition) is 3. The Balaban J connectivity index is 2.18. The average molecular weight is 271 g/mol. The SMILES string of the molecule is Cc1c(Cl)cccc1-n1ncnc1-c1ccncc1. The molecule has 5 heteroatoms. The molecule has 2 aromatic heterocycles. The summed E-state index contributed by atoms with van der Waals surface area (Å²) in [6, 6.07) is 9.55. The Labute approximate surface area is 115 Å². The zero-order valence-corrected chi connectivity index (χ0v) is 11.0. The third-order valence-electron chi connectivity index (χ3n) is 2.95. The van der Waals surface area contributed by atoms with Crippen molar-refractivity contribution in [3.8, 4) is 17.1 Å². The molecular formula is C14H11ClN4. The lowest BCUT2D eigenvalue weighted by Gasteiger charge is -2.10. The molecule has 1 aromatic carbocycles.